The summed E-state index contributed by atoms with van der Waals surface area (Å²) in [6.45, 7) is 2.08. The van der Waals surface area contributed by atoms with Crippen LogP contribution in [0, 0.1) is 23.1 Å². The van der Waals surface area contributed by atoms with E-state index < -0.39 is 12.0 Å². The number of piperidine rings is 1. The number of nitrogens with zero attached hydrogens (tertiary/aromatic N) is 2. The van der Waals surface area contributed by atoms with E-state index in [1.807, 2.05) is 0 Å². The van der Waals surface area contributed by atoms with Crippen molar-refractivity contribution in [3.63, 3.8) is 0 Å². The molecule has 0 amide bonds. The zero-order chi connectivity index (χ0) is 25.7. The molecular weight excluding hydrogens is 505 g/mol. The molecule has 36 heavy (non-hydrogen) atoms. The average molecular weight is 533 g/mol. The van der Waals surface area contributed by atoms with Crippen LogP contribution in [0.2, 0.25) is 10.0 Å². The molecule has 4 rings (SSSR count). The summed E-state index contributed by atoms with van der Waals surface area (Å²) in [7, 11) is 1.56. The highest BCUT2D eigenvalue weighted by Gasteiger charge is 2.35. The molecule has 1 aromatic heterocycles. The van der Waals surface area contributed by atoms with Crippen molar-refractivity contribution in [1.29, 1.82) is 0 Å². The predicted molar refractivity (Wildman–Crippen MR) is 140 cm³/mol. The van der Waals surface area contributed by atoms with Gasteiger partial charge in [-0.2, -0.15) is 0 Å². The SMILES string of the molecule is COc1ccc2ncc(Cl)c([C@H](F)CCC3(CO)CCN(CC#Cc4ccc(F)c(Cl)c4)CC3)c2c1. The van der Waals surface area contributed by atoms with Gasteiger partial charge >= 0.3 is 0 Å². The van der Waals surface area contributed by atoms with Gasteiger partial charge in [-0.05, 0) is 80.6 Å². The molecule has 0 aliphatic carbocycles. The molecule has 190 valence electrons. The van der Waals surface area contributed by atoms with E-state index in [1.165, 1.54) is 18.3 Å². The topological polar surface area (TPSA) is 45.6 Å². The Balaban J connectivity index is 1.37. The average Bonchev–Trinajstić information content (AvgIpc) is 2.89. The Morgan fingerprint density at radius 3 is 2.64 bits per heavy atom. The molecule has 1 atom stereocenters. The molecule has 0 bridgehead atoms. The van der Waals surface area contributed by atoms with Gasteiger partial charge in [-0.3, -0.25) is 9.88 Å². The maximum Gasteiger partial charge on any atom is 0.141 e. The van der Waals surface area contributed by atoms with Crippen LogP contribution in [0.4, 0.5) is 8.78 Å². The van der Waals surface area contributed by atoms with E-state index >= 15 is 4.39 Å². The summed E-state index contributed by atoms with van der Waals surface area (Å²) in [5.41, 5.74) is 1.40. The van der Waals surface area contributed by atoms with E-state index in [2.05, 4.69) is 21.7 Å². The van der Waals surface area contributed by atoms with Crippen LogP contribution >= 0.6 is 23.2 Å². The summed E-state index contributed by atoms with van der Waals surface area (Å²) in [6.07, 6.45) is 2.49. The Morgan fingerprint density at radius 1 is 1.17 bits per heavy atom. The van der Waals surface area contributed by atoms with Gasteiger partial charge in [-0.25, -0.2) is 8.78 Å². The highest BCUT2D eigenvalue weighted by Crippen LogP contribution is 2.41. The van der Waals surface area contributed by atoms with Gasteiger partial charge in [0.2, 0.25) is 0 Å². The second kappa shape index (κ2) is 11.7. The number of pyridine rings is 1. The van der Waals surface area contributed by atoms with Crippen molar-refractivity contribution in [2.75, 3.05) is 33.4 Å². The Kier molecular flexibility index (Phi) is 8.69. The van der Waals surface area contributed by atoms with Crippen LogP contribution in [-0.4, -0.2) is 48.3 Å². The number of aromatic nitrogens is 1. The van der Waals surface area contributed by atoms with E-state index in [-0.39, 0.29) is 28.5 Å². The molecule has 8 heteroatoms. The third-order valence-corrected chi connectivity index (χ3v) is 7.61. The normalized spacial score (nSPS) is 16.4. The molecular formula is C28H28Cl2F2N2O2. The molecule has 1 aliphatic rings. The van der Waals surface area contributed by atoms with Crippen molar-refractivity contribution >= 4 is 34.1 Å². The number of hydrogen-bond acceptors (Lipinski definition) is 4. The number of alkyl halides is 1. The lowest BCUT2D eigenvalue weighted by molar-refractivity contribution is 0.0344. The summed E-state index contributed by atoms with van der Waals surface area (Å²) in [4.78, 5) is 6.51. The highest BCUT2D eigenvalue weighted by atomic mass is 35.5. The molecule has 0 spiro atoms. The van der Waals surface area contributed by atoms with Crippen LogP contribution in [-0.2, 0) is 0 Å². The van der Waals surface area contributed by atoms with Gasteiger partial charge in [0.05, 0.1) is 29.2 Å². The van der Waals surface area contributed by atoms with E-state index in [9.17, 15) is 9.50 Å². The number of halogens is 4. The van der Waals surface area contributed by atoms with Gasteiger partial charge in [0, 0.05) is 29.3 Å². The number of aliphatic hydroxyl groups is 1. The second-order valence-electron chi connectivity index (χ2n) is 9.27. The first-order valence-corrected chi connectivity index (χ1v) is 12.6. The Hall–Kier alpha value is -2.43. The number of fused-ring (bicyclic) bond motifs is 1. The molecule has 4 nitrogen and oxygen atoms in total. The lowest BCUT2D eigenvalue weighted by Crippen LogP contribution is -2.42. The molecule has 1 N–H and O–H groups in total. The molecule has 0 saturated carbocycles. The molecule has 1 saturated heterocycles. The fraction of sp³-hybridized carbons (Fsp3) is 0.393. The highest BCUT2D eigenvalue weighted by molar-refractivity contribution is 6.32. The first kappa shape index (κ1) is 26.6. The van der Waals surface area contributed by atoms with Crippen molar-refractivity contribution < 1.29 is 18.6 Å². The molecule has 0 unspecified atom stereocenters. The summed E-state index contributed by atoms with van der Waals surface area (Å²) in [5.74, 6) is 6.27. The molecule has 1 fully saturated rings. The third-order valence-electron chi connectivity index (χ3n) is 7.02. The summed E-state index contributed by atoms with van der Waals surface area (Å²) in [6, 6.07) is 9.76. The van der Waals surface area contributed by atoms with Crippen molar-refractivity contribution in [3.8, 4) is 17.6 Å². The Labute approximate surface area is 220 Å². The largest absolute Gasteiger partial charge is 0.497 e. The van der Waals surface area contributed by atoms with Crippen molar-refractivity contribution in [3.05, 3.63) is 69.6 Å². The first-order valence-electron chi connectivity index (χ1n) is 11.9. The van der Waals surface area contributed by atoms with E-state index in [0.717, 1.165) is 25.9 Å². The van der Waals surface area contributed by atoms with Crippen LogP contribution in [0.5, 0.6) is 5.75 Å². The van der Waals surface area contributed by atoms with E-state index in [4.69, 9.17) is 27.9 Å². The van der Waals surface area contributed by atoms with Crippen LogP contribution in [0.3, 0.4) is 0 Å². The van der Waals surface area contributed by atoms with Gasteiger partial charge in [0.15, 0.2) is 0 Å². The quantitative estimate of drug-likeness (QED) is 0.348. The minimum atomic E-state index is -1.29. The maximum absolute atomic E-state index is 15.6. The molecule has 3 aromatic rings. The van der Waals surface area contributed by atoms with Gasteiger partial charge in [0.25, 0.3) is 0 Å². The van der Waals surface area contributed by atoms with Gasteiger partial charge in [-0.15, -0.1) is 0 Å². The fourth-order valence-corrected chi connectivity index (χ4v) is 5.14. The predicted octanol–water partition coefficient (Wildman–Crippen LogP) is 6.61. The minimum Gasteiger partial charge on any atom is -0.497 e. The number of methoxy groups -OCH3 is 1. The number of hydrogen-bond donors (Lipinski definition) is 1. The number of benzene rings is 2. The number of aliphatic hydroxyl groups excluding tert-OH is 1. The monoisotopic (exact) mass is 532 g/mol. The first-order chi connectivity index (χ1) is 17.3. The van der Waals surface area contributed by atoms with Crippen LogP contribution in [0.25, 0.3) is 10.9 Å². The van der Waals surface area contributed by atoms with E-state index in [0.29, 0.717) is 40.7 Å². The summed E-state index contributed by atoms with van der Waals surface area (Å²) >= 11 is 12.2. The Bertz CT molecular complexity index is 1280. The second-order valence-corrected chi connectivity index (χ2v) is 10.1. The number of ether oxygens (including phenoxy) is 1. The zero-order valence-electron chi connectivity index (χ0n) is 20.0. The molecule has 2 heterocycles. The van der Waals surface area contributed by atoms with Crippen molar-refractivity contribution in [1.82, 2.24) is 9.88 Å². The molecule has 1 aliphatic heterocycles. The lowest BCUT2D eigenvalue weighted by Gasteiger charge is -2.40. The van der Waals surface area contributed by atoms with Crippen LogP contribution < -0.4 is 4.74 Å². The number of rotatable bonds is 7. The third kappa shape index (κ3) is 6.10. The lowest BCUT2D eigenvalue weighted by atomic mass is 9.74. The summed E-state index contributed by atoms with van der Waals surface area (Å²) < 4.78 is 34.2. The van der Waals surface area contributed by atoms with Crippen LogP contribution in [0.1, 0.15) is 43.0 Å². The van der Waals surface area contributed by atoms with Crippen LogP contribution in [0.15, 0.2) is 42.6 Å². The smallest absolute Gasteiger partial charge is 0.141 e. The van der Waals surface area contributed by atoms with Gasteiger partial charge < -0.3 is 9.84 Å². The van der Waals surface area contributed by atoms with Crippen molar-refractivity contribution in [2.45, 2.75) is 31.9 Å². The molecule has 2 aromatic carbocycles. The standard InChI is InChI=1S/C28H28Cl2F2N2O2/c1-36-20-5-7-26-21(16-20)27(23(30)17-33-26)25(32)8-9-28(18-35)10-13-34(14-11-28)12-2-3-19-4-6-24(31)22(29)15-19/h4-7,15-17,25,35H,8-14,18H2,1H3/t25-/m1/s1. The van der Waals surface area contributed by atoms with E-state index in [1.54, 1.807) is 31.4 Å². The summed E-state index contributed by atoms with van der Waals surface area (Å²) in [5, 5.41) is 11.2. The fourth-order valence-electron chi connectivity index (χ4n) is 4.69. The number of likely N-dealkylation sites (tertiary alicyclic amines) is 1. The van der Waals surface area contributed by atoms with Gasteiger partial charge in [-0.1, -0.05) is 35.0 Å². The Morgan fingerprint density at radius 2 is 1.94 bits per heavy atom. The minimum absolute atomic E-state index is 0.00592. The molecule has 0 radical (unpaired) electrons. The maximum atomic E-state index is 15.6. The zero-order valence-corrected chi connectivity index (χ0v) is 21.5. The van der Waals surface area contributed by atoms with Gasteiger partial charge in [0.1, 0.15) is 17.7 Å². The van der Waals surface area contributed by atoms with Crippen molar-refractivity contribution in [2.24, 2.45) is 5.41 Å².